The van der Waals surface area contributed by atoms with Crippen molar-refractivity contribution in [2.75, 3.05) is 18.0 Å². The molecular formula is C16H23N5. The Morgan fingerprint density at radius 1 is 1.33 bits per heavy atom. The fourth-order valence-corrected chi connectivity index (χ4v) is 3.16. The van der Waals surface area contributed by atoms with Gasteiger partial charge in [0.25, 0.3) is 0 Å². The minimum atomic E-state index is 0.536. The van der Waals surface area contributed by atoms with E-state index < -0.39 is 0 Å². The second-order valence-corrected chi connectivity index (χ2v) is 5.61. The quantitative estimate of drug-likeness (QED) is 0.883. The van der Waals surface area contributed by atoms with E-state index in [1.165, 1.54) is 11.3 Å². The lowest BCUT2D eigenvalue weighted by Crippen LogP contribution is -2.24. The molecule has 5 heteroatoms. The fraction of sp³-hybridized carbons (Fsp3) is 0.500. The van der Waals surface area contributed by atoms with E-state index >= 15 is 0 Å². The lowest BCUT2D eigenvalue weighted by Gasteiger charge is -2.19. The van der Waals surface area contributed by atoms with E-state index in [9.17, 15) is 0 Å². The molecule has 1 aliphatic rings. The van der Waals surface area contributed by atoms with Crippen molar-refractivity contribution < 1.29 is 0 Å². The second-order valence-electron chi connectivity index (χ2n) is 5.61. The van der Waals surface area contributed by atoms with E-state index in [1.54, 1.807) is 6.33 Å². The normalized spacial score (nSPS) is 17.2. The van der Waals surface area contributed by atoms with Crippen LogP contribution in [-0.4, -0.2) is 27.9 Å². The number of rotatable bonds is 6. The van der Waals surface area contributed by atoms with Crippen LogP contribution in [0.25, 0.3) is 0 Å². The number of aromatic nitrogens is 3. The zero-order valence-electron chi connectivity index (χ0n) is 12.6. The number of benzene rings is 1. The standard InChI is InChI=1S/C16H23N5/c1-2-9-21-16(18-12-19-21)11-20-10-13(7-8-17)14-5-3-4-6-15(14)20/h3-6,12-13H,2,7-11,17H2,1H3. The van der Waals surface area contributed by atoms with Crippen molar-refractivity contribution in [3.05, 3.63) is 42.0 Å². The molecule has 1 unspecified atom stereocenters. The topological polar surface area (TPSA) is 60.0 Å². The van der Waals surface area contributed by atoms with Crippen LogP contribution < -0.4 is 10.6 Å². The Bertz CT molecular complexity index is 592. The fourth-order valence-electron chi connectivity index (χ4n) is 3.16. The van der Waals surface area contributed by atoms with Gasteiger partial charge in [-0.25, -0.2) is 9.67 Å². The van der Waals surface area contributed by atoms with Gasteiger partial charge in [0.1, 0.15) is 12.2 Å². The molecule has 0 spiro atoms. The molecule has 2 N–H and O–H groups in total. The van der Waals surface area contributed by atoms with Crippen molar-refractivity contribution in [2.24, 2.45) is 5.73 Å². The van der Waals surface area contributed by atoms with Crippen molar-refractivity contribution in [3.8, 4) is 0 Å². The Morgan fingerprint density at radius 3 is 3.00 bits per heavy atom. The van der Waals surface area contributed by atoms with E-state index in [0.717, 1.165) is 44.8 Å². The second kappa shape index (κ2) is 6.26. The van der Waals surface area contributed by atoms with Crippen molar-refractivity contribution >= 4 is 5.69 Å². The lowest BCUT2D eigenvalue weighted by molar-refractivity contribution is 0.557. The highest BCUT2D eigenvalue weighted by molar-refractivity contribution is 5.60. The van der Waals surface area contributed by atoms with Crippen molar-refractivity contribution in [1.29, 1.82) is 0 Å². The van der Waals surface area contributed by atoms with E-state index in [1.807, 2.05) is 4.68 Å². The average Bonchev–Trinajstić information content (AvgIpc) is 3.07. The highest BCUT2D eigenvalue weighted by Gasteiger charge is 2.28. The van der Waals surface area contributed by atoms with Crippen LogP contribution in [0, 0.1) is 0 Å². The minimum absolute atomic E-state index is 0.536. The summed E-state index contributed by atoms with van der Waals surface area (Å²) in [7, 11) is 0. The van der Waals surface area contributed by atoms with Gasteiger partial charge >= 0.3 is 0 Å². The molecule has 2 heterocycles. The van der Waals surface area contributed by atoms with Gasteiger partial charge in [-0.1, -0.05) is 25.1 Å². The van der Waals surface area contributed by atoms with Crippen molar-refractivity contribution in [3.63, 3.8) is 0 Å². The number of fused-ring (bicyclic) bond motifs is 1. The summed E-state index contributed by atoms with van der Waals surface area (Å²) >= 11 is 0. The molecule has 112 valence electrons. The lowest BCUT2D eigenvalue weighted by atomic mass is 9.98. The Morgan fingerprint density at radius 2 is 2.19 bits per heavy atom. The smallest absolute Gasteiger partial charge is 0.146 e. The Balaban J connectivity index is 1.82. The highest BCUT2D eigenvalue weighted by Crippen LogP contribution is 2.38. The van der Waals surface area contributed by atoms with E-state index in [0.29, 0.717) is 5.92 Å². The van der Waals surface area contributed by atoms with Crippen LogP contribution in [0.1, 0.15) is 37.1 Å². The molecular weight excluding hydrogens is 262 g/mol. The number of nitrogens with two attached hydrogens (primary N) is 1. The SMILES string of the molecule is CCCn1ncnc1CN1CC(CCN)c2ccccc21. The van der Waals surface area contributed by atoms with Gasteiger partial charge in [0, 0.05) is 24.7 Å². The molecule has 0 bridgehead atoms. The first kappa shape index (κ1) is 14.1. The van der Waals surface area contributed by atoms with Crippen LogP contribution in [0.4, 0.5) is 5.69 Å². The maximum absolute atomic E-state index is 5.77. The van der Waals surface area contributed by atoms with E-state index in [4.69, 9.17) is 5.73 Å². The number of aryl methyl sites for hydroxylation is 1. The Labute approximate surface area is 125 Å². The molecule has 1 aliphatic heterocycles. The van der Waals surface area contributed by atoms with Crippen LogP contribution in [0.15, 0.2) is 30.6 Å². The third kappa shape index (κ3) is 2.78. The molecule has 21 heavy (non-hydrogen) atoms. The largest absolute Gasteiger partial charge is 0.363 e. The van der Waals surface area contributed by atoms with Gasteiger partial charge in [0.2, 0.25) is 0 Å². The van der Waals surface area contributed by atoms with Crippen LogP contribution in [0.2, 0.25) is 0 Å². The van der Waals surface area contributed by atoms with Gasteiger partial charge in [-0.05, 0) is 31.0 Å². The molecule has 3 rings (SSSR count). The third-order valence-electron chi connectivity index (χ3n) is 4.14. The van der Waals surface area contributed by atoms with Gasteiger partial charge in [-0.3, -0.25) is 0 Å². The summed E-state index contributed by atoms with van der Waals surface area (Å²) in [6.07, 6.45) is 3.77. The first-order valence-electron chi connectivity index (χ1n) is 7.74. The summed E-state index contributed by atoms with van der Waals surface area (Å²) < 4.78 is 2.01. The molecule has 0 fully saturated rings. The number of nitrogens with zero attached hydrogens (tertiary/aromatic N) is 4. The Kier molecular flexibility index (Phi) is 4.20. The molecule has 0 saturated carbocycles. The zero-order valence-corrected chi connectivity index (χ0v) is 12.6. The molecule has 0 amide bonds. The third-order valence-corrected chi connectivity index (χ3v) is 4.14. The molecule has 0 saturated heterocycles. The molecule has 2 aromatic rings. The summed E-state index contributed by atoms with van der Waals surface area (Å²) in [6, 6.07) is 8.65. The zero-order chi connectivity index (χ0) is 14.7. The van der Waals surface area contributed by atoms with E-state index in [2.05, 4.69) is 46.2 Å². The van der Waals surface area contributed by atoms with Crippen molar-refractivity contribution in [1.82, 2.24) is 14.8 Å². The molecule has 0 radical (unpaired) electrons. The van der Waals surface area contributed by atoms with Crippen LogP contribution in [0.3, 0.4) is 0 Å². The summed E-state index contributed by atoms with van der Waals surface area (Å²) in [5.41, 5.74) is 8.51. The summed E-state index contributed by atoms with van der Waals surface area (Å²) in [6.45, 7) is 5.66. The molecule has 1 atom stereocenters. The van der Waals surface area contributed by atoms with Gasteiger partial charge in [-0.15, -0.1) is 0 Å². The van der Waals surface area contributed by atoms with Crippen molar-refractivity contribution in [2.45, 2.75) is 38.8 Å². The van der Waals surface area contributed by atoms with Gasteiger partial charge < -0.3 is 10.6 Å². The molecule has 0 aliphatic carbocycles. The van der Waals surface area contributed by atoms with Gasteiger partial charge in [0.15, 0.2) is 0 Å². The summed E-state index contributed by atoms with van der Waals surface area (Å²) in [5, 5.41) is 4.32. The minimum Gasteiger partial charge on any atom is -0.363 e. The van der Waals surface area contributed by atoms with Crippen LogP contribution in [0.5, 0.6) is 0 Å². The van der Waals surface area contributed by atoms with Gasteiger partial charge in [0.05, 0.1) is 6.54 Å². The maximum Gasteiger partial charge on any atom is 0.146 e. The molecule has 1 aromatic heterocycles. The monoisotopic (exact) mass is 285 g/mol. The van der Waals surface area contributed by atoms with Gasteiger partial charge in [-0.2, -0.15) is 5.10 Å². The number of anilines is 1. The first-order valence-corrected chi connectivity index (χ1v) is 7.74. The van der Waals surface area contributed by atoms with Crippen LogP contribution >= 0.6 is 0 Å². The van der Waals surface area contributed by atoms with Crippen LogP contribution in [-0.2, 0) is 13.1 Å². The number of para-hydroxylation sites is 1. The summed E-state index contributed by atoms with van der Waals surface area (Å²) in [5.74, 6) is 1.58. The number of hydrogen-bond donors (Lipinski definition) is 1. The average molecular weight is 285 g/mol. The first-order chi connectivity index (χ1) is 10.3. The Hall–Kier alpha value is -1.88. The predicted octanol–water partition coefficient (Wildman–Crippen LogP) is 2.14. The number of hydrogen-bond acceptors (Lipinski definition) is 4. The highest BCUT2D eigenvalue weighted by atomic mass is 15.3. The summed E-state index contributed by atoms with van der Waals surface area (Å²) in [4.78, 5) is 6.84. The predicted molar refractivity (Wildman–Crippen MR) is 84.2 cm³/mol. The maximum atomic E-state index is 5.77. The van der Waals surface area contributed by atoms with E-state index in [-0.39, 0.29) is 0 Å². The molecule has 5 nitrogen and oxygen atoms in total. The molecule has 1 aromatic carbocycles.